The minimum absolute atomic E-state index is 0.251. The van der Waals surface area contributed by atoms with E-state index in [4.69, 9.17) is 4.74 Å². The standard InChI is InChI=1S/C26H40N4O2S.2C2H6/c1-26(2,3)25(31)30-13-12-23(28-33-5)21(16-30)17-32-22-9-6-18(7-10-22)19-8-11-24-20(14-19)15-27-29(24)4;2*1-2/h8,11,14-15,18,21-23,28H,6-7,9-10,12-13,16-17H2,1-5H3;2*1-2H3. The normalized spacial score (nSPS) is 24.1. The summed E-state index contributed by atoms with van der Waals surface area (Å²) in [5, 5.41) is 5.61. The molecule has 2 unspecified atom stereocenters. The first-order valence-corrected chi connectivity index (χ1v) is 15.6. The van der Waals surface area contributed by atoms with Gasteiger partial charge in [0, 0.05) is 42.9 Å². The van der Waals surface area contributed by atoms with Gasteiger partial charge in [-0.3, -0.25) is 14.2 Å². The van der Waals surface area contributed by atoms with E-state index in [1.165, 1.54) is 29.3 Å². The summed E-state index contributed by atoms with van der Waals surface area (Å²) >= 11 is 1.67. The molecule has 1 aliphatic carbocycles. The topological polar surface area (TPSA) is 59.4 Å². The molecule has 4 rings (SSSR count). The van der Waals surface area contributed by atoms with E-state index in [-0.39, 0.29) is 11.3 Å². The highest BCUT2D eigenvalue weighted by Crippen LogP contribution is 2.36. The number of piperidine rings is 1. The summed E-state index contributed by atoms with van der Waals surface area (Å²) < 4.78 is 12.0. The van der Waals surface area contributed by atoms with Crippen molar-refractivity contribution >= 4 is 28.8 Å². The molecule has 1 aromatic heterocycles. The predicted octanol–water partition coefficient (Wildman–Crippen LogP) is 6.80. The van der Waals surface area contributed by atoms with Crippen LogP contribution in [0.4, 0.5) is 0 Å². The Balaban J connectivity index is 0.00000115. The SMILES string of the molecule is CC.CC.CSNC1CCN(C(=O)C(C)(C)C)CC1COC1CCC(c2ccc3c(cnn3C)c2)CC1. The second-order valence-corrected chi connectivity index (χ2v) is 11.5. The Hall–Kier alpha value is -1.57. The fraction of sp³-hybridized carbons (Fsp3) is 0.733. The van der Waals surface area contributed by atoms with Crippen molar-refractivity contribution in [1.29, 1.82) is 0 Å². The third-order valence-electron chi connectivity index (χ3n) is 7.39. The Kier molecular flexibility index (Phi) is 12.9. The van der Waals surface area contributed by atoms with Gasteiger partial charge in [0.05, 0.1) is 24.4 Å². The van der Waals surface area contributed by atoms with Gasteiger partial charge in [-0.2, -0.15) is 5.10 Å². The van der Waals surface area contributed by atoms with Crippen molar-refractivity contribution in [1.82, 2.24) is 19.4 Å². The molecule has 1 aromatic carbocycles. The number of ether oxygens (including phenoxy) is 1. The number of hydrogen-bond donors (Lipinski definition) is 1. The minimum Gasteiger partial charge on any atom is -0.378 e. The van der Waals surface area contributed by atoms with Crippen LogP contribution in [0.5, 0.6) is 0 Å². The summed E-state index contributed by atoms with van der Waals surface area (Å²) in [7, 11) is 1.99. The van der Waals surface area contributed by atoms with Crippen LogP contribution in [0.25, 0.3) is 10.9 Å². The van der Waals surface area contributed by atoms with Crippen molar-refractivity contribution < 1.29 is 9.53 Å². The van der Waals surface area contributed by atoms with Gasteiger partial charge in [-0.25, -0.2) is 0 Å². The number of hydrogen-bond acceptors (Lipinski definition) is 5. The molecule has 37 heavy (non-hydrogen) atoms. The van der Waals surface area contributed by atoms with Crippen LogP contribution in [-0.4, -0.2) is 58.7 Å². The van der Waals surface area contributed by atoms with Crippen LogP contribution in [-0.2, 0) is 16.6 Å². The van der Waals surface area contributed by atoms with Crippen LogP contribution in [0.3, 0.4) is 0 Å². The second-order valence-electron chi connectivity index (χ2n) is 10.9. The number of aromatic nitrogens is 2. The molecule has 1 saturated heterocycles. The van der Waals surface area contributed by atoms with Gasteiger partial charge in [0.2, 0.25) is 5.91 Å². The van der Waals surface area contributed by atoms with Gasteiger partial charge in [0.15, 0.2) is 0 Å². The molecule has 2 aliphatic rings. The molecule has 2 aromatic rings. The van der Waals surface area contributed by atoms with Crippen LogP contribution >= 0.6 is 11.9 Å². The molecule has 2 atom stereocenters. The minimum atomic E-state index is -0.331. The first kappa shape index (κ1) is 31.6. The fourth-order valence-corrected chi connectivity index (χ4v) is 6.04. The predicted molar refractivity (Wildman–Crippen MR) is 159 cm³/mol. The van der Waals surface area contributed by atoms with Gasteiger partial charge >= 0.3 is 0 Å². The van der Waals surface area contributed by atoms with Crippen LogP contribution in [0.15, 0.2) is 24.4 Å². The van der Waals surface area contributed by atoms with E-state index in [1.54, 1.807) is 11.9 Å². The van der Waals surface area contributed by atoms with Crippen LogP contribution in [0.2, 0.25) is 0 Å². The maximum Gasteiger partial charge on any atom is 0.227 e. The molecule has 1 amide bonds. The largest absolute Gasteiger partial charge is 0.378 e. The maximum absolute atomic E-state index is 12.8. The van der Waals surface area contributed by atoms with Crippen LogP contribution < -0.4 is 4.72 Å². The monoisotopic (exact) mass is 532 g/mol. The Morgan fingerprint density at radius 2 is 1.78 bits per heavy atom. The lowest BCUT2D eigenvalue weighted by Crippen LogP contribution is -2.53. The van der Waals surface area contributed by atoms with E-state index in [0.29, 0.717) is 24.0 Å². The molecule has 1 N–H and O–H groups in total. The zero-order valence-electron chi connectivity index (χ0n) is 24.8. The summed E-state index contributed by atoms with van der Waals surface area (Å²) in [6, 6.07) is 7.19. The summed E-state index contributed by atoms with van der Waals surface area (Å²) in [5.74, 6) is 1.19. The summed E-state index contributed by atoms with van der Waals surface area (Å²) in [6.07, 6.45) is 9.90. The molecule has 2 heterocycles. The molecular weight excluding hydrogens is 480 g/mol. The van der Waals surface area contributed by atoms with Gasteiger partial charge in [-0.15, -0.1) is 0 Å². The van der Waals surface area contributed by atoms with Crippen molar-refractivity contribution in [3.63, 3.8) is 0 Å². The number of nitrogens with one attached hydrogen (secondary N) is 1. The Bertz CT molecular complexity index is 947. The van der Waals surface area contributed by atoms with E-state index in [9.17, 15) is 4.79 Å². The number of amides is 1. The molecule has 7 heteroatoms. The van der Waals surface area contributed by atoms with Crippen molar-refractivity contribution in [3.8, 4) is 0 Å². The quantitative estimate of drug-likeness (QED) is 0.415. The lowest BCUT2D eigenvalue weighted by Gasteiger charge is -2.41. The van der Waals surface area contributed by atoms with E-state index >= 15 is 0 Å². The Morgan fingerprint density at radius 1 is 1.11 bits per heavy atom. The highest BCUT2D eigenvalue weighted by molar-refractivity contribution is 7.96. The zero-order chi connectivity index (χ0) is 27.6. The number of carbonyl (C=O) groups excluding carboxylic acids is 1. The Labute approximate surface area is 230 Å². The number of benzene rings is 1. The van der Waals surface area contributed by atoms with E-state index in [0.717, 1.165) is 39.0 Å². The van der Waals surface area contributed by atoms with Gasteiger partial charge in [-0.05, 0) is 62.0 Å². The third kappa shape index (κ3) is 8.46. The highest BCUT2D eigenvalue weighted by atomic mass is 32.2. The van der Waals surface area contributed by atoms with Gasteiger partial charge < -0.3 is 9.64 Å². The zero-order valence-corrected chi connectivity index (χ0v) is 25.7. The summed E-state index contributed by atoms with van der Waals surface area (Å²) in [5.41, 5.74) is 2.29. The second kappa shape index (κ2) is 15.1. The molecule has 0 radical (unpaired) electrons. The van der Waals surface area contributed by atoms with Crippen LogP contribution in [0, 0.1) is 11.3 Å². The van der Waals surface area contributed by atoms with E-state index < -0.39 is 0 Å². The number of rotatable bonds is 6. The molecule has 210 valence electrons. The first-order chi connectivity index (χ1) is 17.8. The molecule has 1 saturated carbocycles. The van der Waals surface area contributed by atoms with Gasteiger partial charge in [0.25, 0.3) is 0 Å². The molecular formula is C30H52N4O2S. The van der Waals surface area contributed by atoms with E-state index in [2.05, 4.69) is 39.2 Å². The average molecular weight is 533 g/mol. The van der Waals surface area contributed by atoms with Gasteiger partial charge in [0.1, 0.15) is 0 Å². The highest BCUT2D eigenvalue weighted by Gasteiger charge is 2.36. The molecule has 0 bridgehead atoms. The maximum atomic E-state index is 12.8. The number of likely N-dealkylation sites (tertiary alicyclic amines) is 1. The number of fused-ring (bicyclic) bond motifs is 1. The van der Waals surface area contributed by atoms with Crippen molar-refractivity contribution in [2.45, 2.75) is 98.6 Å². The van der Waals surface area contributed by atoms with Crippen molar-refractivity contribution in [2.24, 2.45) is 18.4 Å². The fourth-order valence-electron chi connectivity index (χ4n) is 5.42. The summed E-state index contributed by atoms with van der Waals surface area (Å²) in [4.78, 5) is 14.9. The van der Waals surface area contributed by atoms with Crippen molar-refractivity contribution in [2.75, 3.05) is 26.0 Å². The molecule has 6 nitrogen and oxygen atoms in total. The smallest absolute Gasteiger partial charge is 0.227 e. The first-order valence-electron chi connectivity index (χ1n) is 14.4. The number of nitrogens with zero attached hydrogens (tertiary/aromatic N) is 3. The van der Waals surface area contributed by atoms with E-state index in [1.807, 2.05) is 66.4 Å². The van der Waals surface area contributed by atoms with Crippen LogP contribution in [0.1, 0.15) is 92.1 Å². The number of carbonyl (C=O) groups is 1. The summed E-state index contributed by atoms with van der Waals surface area (Å²) in [6.45, 7) is 16.4. The van der Waals surface area contributed by atoms with Gasteiger partial charge in [-0.1, -0.05) is 66.5 Å². The molecule has 2 fully saturated rings. The lowest BCUT2D eigenvalue weighted by atomic mass is 9.82. The molecule has 1 aliphatic heterocycles. The lowest BCUT2D eigenvalue weighted by molar-refractivity contribution is -0.142. The third-order valence-corrected chi connectivity index (χ3v) is 7.93. The molecule has 0 spiro atoms. The number of aryl methyl sites for hydroxylation is 1. The Morgan fingerprint density at radius 3 is 2.41 bits per heavy atom. The average Bonchev–Trinajstić information content (AvgIpc) is 3.29. The van der Waals surface area contributed by atoms with Crippen molar-refractivity contribution in [3.05, 3.63) is 30.0 Å².